The normalized spacial score (nSPS) is 11.9. The smallest absolute Gasteiger partial charge is 0.191 e. The van der Waals surface area contributed by atoms with Crippen LogP contribution in [-0.2, 0) is 20.0 Å². The Labute approximate surface area is 176 Å². The van der Waals surface area contributed by atoms with Crippen molar-refractivity contribution in [1.82, 2.24) is 30.4 Å². The first-order chi connectivity index (χ1) is 14.1. The van der Waals surface area contributed by atoms with Crippen molar-refractivity contribution in [2.24, 2.45) is 12.0 Å². The van der Waals surface area contributed by atoms with Crippen molar-refractivity contribution in [3.05, 3.63) is 47.2 Å². The second kappa shape index (κ2) is 10.3. The van der Waals surface area contributed by atoms with E-state index in [1.807, 2.05) is 30.3 Å². The first kappa shape index (κ1) is 21.2. The van der Waals surface area contributed by atoms with Gasteiger partial charge in [0.2, 0.25) is 0 Å². The van der Waals surface area contributed by atoms with Crippen LogP contribution >= 0.6 is 11.8 Å². The molecule has 7 nitrogen and oxygen atoms in total. The molecule has 2 aromatic heterocycles. The maximum absolute atomic E-state index is 4.72. The number of guanidine groups is 1. The summed E-state index contributed by atoms with van der Waals surface area (Å²) in [6.07, 6.45) is 6.28. The number of aliphatic imine (C=N–C) groups is 1. The van der Waals surface area contributed by atoms with Crippen LogP contribution in [0, 0.1) is 13.8 Å². The molecule has 29 heavy (non-hydrogen) atoms. The largest absolute Gasteiger partial charge is 0.361 e. The number of aryl methyl sites for hydroxylation is 2. The summed E-state index contributed by atoms with van der Waals surface area (Å²) in [5.74, 6) is 3.71. The van der Waals surface area contributed by atoms with Gasteiger partial charge >= 0.3 is 0 Å². The lowest BCUT2D eigenvalue weighted by atomic mass is 10.1. The molecule has 3 N–H and O–H groups in total. The van der Waals surface area contributed by atoms with E-state index in [0.717, 1.165) is 49.3 Å². The summed E-state index contributed by atoms with van der Waals surface area (Å²) in [6, 6.07) is 6.43. The maximum atomic E-state index is 4.72. The topological polar surface area (TPSA) is 82.9 Å². The van der Waals surface area contributed by atoms with Crippen LogP contribution in [0.25, 0.3) is 10.9 Å². The highest BCUT2D eigenvalue weighted by Crippen LogP contribution is 2.21. The van der Waals surface area contributed by atoms with Crippen molar-refractivity contribution < 1.29 is 0 Å². The van der Waals surface area contributed by atoms with Gasteiger partial charge in [-0.05, 0) is 49.8 Å². The molecule has 0 aliphatic carbocycles. The zero-order valence-corrected chi connectivity index (χ0v) is 18.6. The predicted molar refractivity (Wildman–Crippen MR) is 123 cm³/mol. The molecule has 2 heterocycles. The number of thioether (sulfide) groups is 1. The van der Waals surface area contributed by atoms with E-state index in [0.29, 0.717) is 6.54 Å². The summed E-state index contributed by atoms with van der Waals surface area (Å²) in [4.78, 5) is 8.12. The van der Waals surface area contributed by atoms with Gasteiger partial charge in [0.15, 0.2) is 11.8 Å². The SMILES string of the molecule is CSCCCNC(=NCc1nnc(C)n1C)NCCc1c[nH]c2c(C)cccc12. The summed E-state index contributed by atoms with van der Waals surface area (Å²) >= 11 is 1.86. The van der Waals surface area contributed by atoms with Crippen molar-refractivity contribution in [2.45, 2.75) is 33.2 Å². The lowest BCUT2D eigenvalue weighted by Crippen LogP contribution is -2.39. The van der Waals surface area contributed by atoms with Crippen molar-refractivity contribution in [1.29, 1.82) is 0 Å². The molecule has 0 bridgehead atoms. The summed E-state index contributed by atoms with van der Waals surface area (Å²) in [5, 5.41) is 16.5. The highest BCUT2D eigenvalue weighted by molar-refractivity contribution is 7.98. The quantitative estimate of drug-likeness (QED) is 0.285. The van der Waals surface area contributed by atoms with Gasteiger partial charge < -0.3 is 20.2 Å². The fourth-order valence-corrected chi connectivity index (χ4v) is 3.66. The van der Waals surface area contributed by atoms with Gasteiger partial charge in [0.1, 0.15) is 12.4 Å². The number of nitrogens with one attached hydrogen (secondary N) is 3. The molecule has 0 saturated heterocycles. The molecule has 0 aliphatic heterocycles. The van der Waals surface area contributed by atoms with E-state index in [2.05, 4.69) is 63.4 Å². The van der Waals surface area contributed by atoms with E-state index in [1.54, 1.807) is 0 Å². The fraction of sp³-hybridized carbons (Fsp3) is 0.476. The van der Waals surface area contributed by atoms with E-state index in [-0.39, 0.29) is 0 Å². The van der Waals surface area contributed by atoms with Gasteiger partial charge in [-0.1, -0.05) is 18.2 Å². The van der Waals surface area contributed by atoms with Crippen LogP contribution in [0.2, 0.25) is 0 Å². The van der Waals surface area contributed by atoms with Gasteiger partial charge in [-0.25, -0.2) is 4.99 Å². The Balaban J connectivity index is 1.61. The van der Waals surface area contributed by atoms with Crippen LogP contribution in [0.5, 0.6) is 0 Å². The number of nitrogens with zero attached hydrogens (tertiary/aromatic N) is 4. The molecular formula is C21H31N7S. The number of benzene rings is 1. The molecule has 156 valence electrons. The number of hydrogen-bond donors (Lipinski definition) is 3. The van der Waals surface area contributed by atoms with Crippen molar-refractivity contribution in [2.75, 3.05) is 25.1 Å². The van der Waals surface area contributed by atoms with Gasteiger partial charge in [0.05, 0.1) is 0 Å². The first-order valence-corrected chi connectivity index (χ1v) is 11.4. The molecule has 0 aliphatic rings. The van der Waals surface area contributed by atoms with E-state index < -0.39 is 0 Å². The van der Waals surface area contributed by atoms with E-state index in [1.165, 1.54) is 22.0 Å². The Morgan fingerprint density at radius 2 is 2.03 bits per heavy atom. The monoisotopic (exact) mass is 413 g/mol. The standard InChI is InChI=1S/C21H31N7S/c1-15-7-5-8-18-17(13-24-20(15)18)9-11-23-21(22-10-6-12-29-4)25-14-19-27-26-16(2)28(19)3/h5,7-8,13,24H,6,9-12,14H2,1-4H3,(H2,22,23,25). The van der Waals surface area contributed by atoms with E-state index >= 15 is 0 Å². The number of para-hydroxylation sites is 1. The zero-order valence-electron chi connectivity index (χ0n) is 17.7. The van der Waals surface area contributed by atoms with E-state index in [4.69, 9.17) is 4.99 Å². The Kier molecular flexibility index (Phi) is 7.57. The summed E-state index contributed by atoms with van der Waals surface area (Å²) < 4.78 is 1.98. The van der Waals surface area contributed by atoms with Crippen molar-refractivity contribution in [3.8, 4) is 0 Å². The minimum Gasteiger partial charge on any atom is -0.361 e. The van der Waals surface area contributed by atoms with Crippen LogP contribution in [0.1, 0.15) is 29.2 Å². The third-order valence-electron chi connectivity index (χ3n) is 5.08. The number of hydrogen-bond acceptors (Lipinski definition) is 4. The number of rotatable bonds is 9. The highest BCUT2D eigenvalue weighted by Gasteiger charge is 2.07. The van der Waals surface area contributed by atoms with Crippen molar-refractivity contribution in [3.63, 3.8) is 0 Å². The molecule has 0 fully saturated rings. The third-order valence-corrected chi connectivity index (χ3v) is 5.77. The van der Waals surface area contributed by atoms with E-state index in [9.17, 15) is 0 Å². The molecule has 0 spiro atoms. The molecule has 3 rings (SSSR count). The molecule has 8 heteroatoms. The van der Waals surface area contributed by atoms with Gasteiger partial charge in [0.25, 0.3) is 0 Å². The molecule has 0 radical (unpaired) electrons. The minimum absolute atomic E-state index is 0.501. The number of fused-ring (bicyclic) bond motifs is 1. The number of aromatic amines is 1. The van der Waals surface area contributed by atoms with Crippen molar-refractivity contribution >= 4 is 28.6 Å². The molecule has 0 saturated carbocycles. The van der Waals surface area contributed by atoms with Gasteiger partial charge in [-0.3, -0.25) is 0 Å². The summed E-state index contributed by atoms with van der Waals surface area (Å²) in [6.45, 7) is 6.30. The number of H-pyrrole nitrogens is 1. The van der Waals surface area contributed by atoms with Crippen LogP contribution in [0.4, 0.5) is 0 Å². The summed E-state index contributed by atoms with van der Waals surface area (Å²) in [5.41, 5.74) is 3.82. The second-order valence-corrected chi connectivity index (χ2v) is 8.13. The minimum atomic E-state index is 0.501. The molecule has 3 aromatic rings. The van der Waals surface area contributed by atoms with Crippen LogP contribution in [0.15, 0.2) is 29.4 Å². The Hall–Kier alpha value is -2.48. The van der Waals surface area contributed by atoms with Crippen LogP contribution in [0.3, 0.4) is 0 Å². The Morgan fingerprint density at radius 1 is 1.21 bits per heavy atom. The zero-order chi connectivity index (χ0) is 20.6. The Bertz CT molecular complexity index is 957. The molecule has 1 aromatic carbocycles. The maximum Gasteiger partial charge on any atom is 0.191 e. The lowest BCUT2D eigenvalue weighted by molar-refractivity contribution is 0.743. The third kappa shape index (κ3) is 5.53. The van der Waals surface area contributed by atoms with Gasteiger partial charge in [-0.2, -0.15) is 11.8 Å². The second-order valence-electron chi connectivity index (χ2n) is 7.15. The van der Waals surface area contributed by atoms with Gasteiger partial charge in [-0.15, -0.1) is 10.2 Å². The van der Waals surface area contributed by atoms with Gasteiger partial charge in [0, 0.05) is 37.2 Å². The number of aromatic nitrogens is 4. The lowest BCUT2D eigenvalue weighted by Gasteiger charge is -2.12. The molecule has 0 amide bonds. The molecule has 0 unspecified atom stereocenters. The average Bonchev–Trinajstić information content (AvgIpc) is 3.27. The fourth-order valence-electron chi connectivity index (χ4n) is 3.22. The van der Waals surface area contributed by atoms with Crippen LogP contribution < -0.4 is 10.6 Å². The molecule has 0 atom stereocenters. The molecular weight excluding hydrogens is 382 g/mol. The highest BCUT2D eigenvalue weighted by atomic mass is 32.2. The average molecular weight is 414 g/mol. The van der Waals surface area contributed by atoms with Crippen LogP contribution in [-0.4, -0.2) is 50.8 Å². The summed E-state index contributed by atoms with van der Waals surface area (Å²) in [7, 11) is 1.97. The Morgan fingerprint density at radius 3 is 2.79 bits per heavy atom. The predicted octanol–water partition coefficient (Wildman–Crippen LogP) is 2.94. The first-order valence-electron chi connectivity index (χ1n) is 10.0.